The van der Waals surface area contributed by atoms with Crippen LogP contribution in [0.15, 0.2) is 42.7 Å². The Morgan fingerprint density at radius 3 is 2.26 bits per heavy atom. The van der Waals surface area contributed by atoms with E-state index in [0.717, 1.165) is 5.56 Å². The van der Waals surface area contributed by atoms with E-state index in [1.54, 1.807) is 30.6 Å². The number of benzene rings is 1. The highest BCUT2D eigenvalue weighted by Gasteiger charge is 2.44. The molecule has 2 fully saturated rings. The van der Waals surface area contributed by atoms with Crippen LogP contribution in [0.4, 0.5) is 10.3 Å². The zero-order chi connectivity index (χ0) is 18.7. The molecule has 1 aromatic carbocycles. The van der Waals surface area contributed by atoms with E-state index in [9.17, 15) is 9.18 Å². The van der Waals surface area contributed by atoms with E-state index in [-0.39, 0.29) is 11.7 Å². The number of carbonyl (C=O) groups is 1. The van der Waals surface area contributed by atoms with Crippen molar-refractivity contribution >= 4 is 11.9 Å². The maximum Gasteiger partial charge on any atom is 0.233 e. The number of anilines is 1. The third kappa shape index (κ3) is 3.51. The van der Waals surface area contributed by atoms with Gasteiger partial charge < -0.3 is 14.5 Å². The van der Waals surface area contributed by atoms with E-state index in [1.165, 1.54) is 12.1 Å². The van der Waals surface area contributed by atoms with Crippen molar-refractivity contribution in [3.05, 3.63) is 54.1 Å². The molecule has 0 saturated carbocycles. The van der Waals surface area contributed by atoms with Gasteiger partial charge in [0.05, 0.1) is 5.41 Å². The number of aromatic nitrogens is 2. The number of rotatable bonds is 3. The van der Waals surface area contributed by atoms with Gasteiger partial charge in [0, 0.05) is 51.8 Å². The minimum Gasteiger partial charge on any atom is -0.381 e. The standard InChI is InChI=1S/C20H23FN4O2/c21-17-4-2-16(3-5-17)20(6-14-27-15-7-20)18(26)24-10-12-25(13-11-24)19-22-8-1-9-23-19/h1-5,8-9H,6-7,10-15H2. The molecule has 2 aliphatic heterocycles. The highest BCUT2D eigenvalue weighted by Crippen LogP contribution is 2.37. The van der Waals surface area contributed by atoms with Crippen LogP contribution in [0.3, 0.4) is 0 Å². The summed E-state index contributed by atoms with van der Waals surface area (Å²) in [6.07, 6.45) is 4.70. The highest BCUT2D eigenvalue weighted by molar-refractivity contribution is 5.88. The third-order valence-electron chi connectivity index (χ3n) is 5.55. The van der Waals surface area contributed by atoms with Crippen LogP contribution in [-0.4, -0.2) is 60.2 Å². The molecular weight excluding hydrogens is 347 g/mol. The van der Waals surface area contributed by atoms with Gasteiger partial charge in [0.15, 0.2) is 0 Å². The number of ether oxygens (including phenoxy) is 1. The third-order valence-corrected chi connectivity index (χ3v) is 5.55. The molecule has 6 nitrogen and oxygen atoms in total. The first-order chi connectivity index (χ1) is 13.2. The minimum absolute atomic E-state index is 0.117. The summed E-state index contributed by atoms with van der Waals surface area (Å²) in [4.78, 5) is 26.1. The summed E-state index contributed by atoms with van der Waals surface area (Å²) in [5, 5.41) is 0. The molecule has 1 amide bonds. The van der Waals surface area contributed by atoms with E-state index in [0.29, 0.717) is 58.2 Å². The highest BCUT2D eigenvalue weighted by atomic mass is 19.1. The Bertz CT molecular complexity index is 770. The lowest BCUT2D eigenvalue weighted by atomic mass is 9.73. The molecule has 4 rings (SSSR count). The molecule has 2 saturated heterocycles. The fraction of sp³-hybridized carbons (Fsp3) is 0.450. The minimum atomic E-state index is -0.628. The molecule has 7 heteroatoms. The van der Waals surface area contributed by atoms with Crippen LogP contribution in [0.1, 0.15) is 18.4 Å². The molecule has 0 N–H and O–H groups in total. The van der Waals surface area contributed by atoms with Crippen molar-refractivity contribution in [3.8, 4) is 0 Å². The lowest BCUT2D eigenvalue weighted by molar-refractivity contribution is -0.141. The average molecular weight is 370 g/mol. The number of carbonyl (C=O) groups excluding carboxylic acids is 1. The van der Waals surface area contributed by atoms with Gasteiger partial charge in [-0.05, 0) is 36.6 Å². The Morgan fingerprint density at radius 2 is 1.63 bits per heavy atom. The molecule has 1 aromatic heterocycles. The normalized spacial score (nSPS) is 19.7. The molecule has 3 heterocycles. The molecule has 27 heavy (non-hydrogen) atoms. The first-order valence-corrected chi connectivity index (χ1v) is 9.34. The first-order valence-electron chi connectivity index (χ1n) is 9.34. The number of amides is 1. The monoisotopic (exact) mass is 370 g/mol. The Morgan fingerprint density at radius 1 is 1.00 bits per heavy atom. The molecule has 0 unspecified atom stereocenters. The van der Waals surface area contributed by atoms with Crippen LogP contribution in [0, 0.1) is 5.82 Å². The van der Waals surface area contributed by atoms with E-state index in [4.69, 9.17) is 4.74 Å². The number of hydrogen-bond acceptors (Lipinski definition) is 5. The topological polar surface area (TPSA) is 58.6 Å². The molecule has 0 spiro atoms. The molecule has 0 radical (unpaired) electrons. The summed E-state index contributed by atoms with van der Waals surface area (Å²) >= 11 is 0. The quantitative estimate of drug-likeness (QED) is 0.827. The number of hydrogen-bond donors (Lipinski definition) is 0. The van der Waals surface area contributed by atoms with Crippen LogP contribution in [0.2, 0.25) is 0 Å². The SMILES string of the molecule is O=C(N1CCN(c2ncccn2)CC1)C1(c2ccc(F)cc2)CCOCC1. The van der Waals surface area contributed by atoms with Gasteiger partial charge in [0.25, 0.3) is 0 Å². The van der Waals surface area contributed by atoms with Crippen molar-refractivity contribution in [2.24, 2.45) is 0 Å². The van der Waals surface area contributed by atoms with Gasteiger partial charge in [-0.3, -0.25) is 4.79 Å². The second kappa shape index (κ2) is 7.60. The van der Waals surface area contributed by atoms with Crippen LogP contribution in [0.25, 0.3) is 0 Å². The van der Waals surface area contributed by atoms with Gasteiger partial charge in [0.2, 0.25) is 11.9 Å². The van der Waals surface area contributed by atoms with Gasteiger partial charge in [0.1, 0.15) is 5.82 Å². The van der Waals surface area contributed by atoms with Crippen molar-refractivity contribution in [1.29, 1.82) is 0 Å². The summed E-state index contributed by atoms with van der Waals surface area (Å²) in [5.74, 6) is 0.528. The number of halogens is 1. The van der Waals surface area contributed by atoms with Crippen molar-refractivity contribution in [2.75, 3.05) is 44.3 Å². The average Bonchev–Trinajstić information content (AvgIpc) is 2.75. The number of nitrogens with zero attached hydrogens (tertiary/aromatic N) is 4. The van der Waals surface area contributed by atoms with Gasteiger partial charge in [-0.15, -0.1) is 0 Å². The molecule has 142 valence electrons. The molecule has 0 aliphatic carbocycles. The fourth-order valence-corrected chi connectivity index (χ4v) is 3.98. The second-order valence-corrected chi connectivity index (χ2v) is 7.03. The molecular formula is C20H23FN4O2. The molecule has 0 atom stereocenters. The predicted octanol–water partition coefficient (Wildman–Crippen LogP) is 2.01. The lowest BCUT2D eigenvalue weighted by Crippen LogP contribution is -2.56. The van der Waals surface area contributed by atoms with Gasteiger partial charge in [-0.1, -0.05) is 12.1 Å². The summed E-state index contributed by atoms with van der Waals surface area (Å²) in [6, 6.07) is 8.15. The molecule has 2 aliphatic rings. The van der Waals surface area contributed by atoms with E-state index < -0.39 is 5.41 Å². The van der Waals surface area contributed by atoms with Crippen LogP contribution >= 0.6 is 0 Å². The zero-order valence-electron chi connectivity index (χ0n) is 15.2. The summed E-state index contributed by atoms with van der Waals surface area (Å²) in [7, 11) is 0. The lowest BCUT2D eigenvalue weighted by Gasteiger charge is -2.43. The summed E-state index contributed by atoms with van der Waals surface area (Å²) in [5.41, 5.74) is 0.253. The largest absolute Gasteiger partial charge is 0.381 e. The maximum atomic E-state index is 13.5. The van der Waals surface area contributed by atoms with Crippen LogP contribution in [0.5, 0.6) is 0 Å². The zero-order valence-corrected chi connectivity index (χ0v) is 15.2. The van der Waals surface area contributed by atoms with Crippen molar-refractivity contribution in [2.45, 2.75) is 18.3 Å². The molecule has 0 bridgehead atoms. The van der Waals surface area contributed by atoms with Crippen molar-refractivity contribution in [1.82, 2.24) is 14.9 Å². The van der Waals surface area contributed by atoms with Crippen LogP contribution < -0.4 is 4.90 Å². The van der Waals surface area contributed by atoms with Gasteiger partial charge in [-0.25, -0.2) is 14.4 Å². The Balaban J connectivity index is 1.52. The van der Waals surface area contributed by atoms with Gasteiger partial charge >= 0.3 is 0 Å². The first kappa shape index (κ1) is 17.9. The maximum absolute atomic E-state index is 13.5. The fourth-order valence-electron chi connectivity index (χ4n) is 3.98. The van der Waals surface area contributed by atoms with E-state index in [1.807, 2.05) is 4.90 Å². The molecule has 2 aromatic rings. The Kier molecular flexibility index (Phi) is 5.03. The summed E-state index contributed by atoms with van der Waals surface area (Å²) in [6.45, 7) is 3.74. The number of piperazine rings is 1. The van der Waals surface area contributed by atoms with Crippen molar-refractivity contribution in [3.63, 3.8) is 0 Å². The van der Waals surface area contributed by atoms with Crippen molar-refractivity contribution < 1.29 is 13.9 Å². The smallest absolute Gasteiger partial charge is 0.233 e. The Hall–Kier alpha value is -2.54. The predicted molar refractivity (Wildman–Crippen MR) is 99.0 cm³/mol. The second-order valence-electron chi connectivity index (χ2n) is 7.03. The summed E-state index contributed by atoms with van der Waals surface area (Å²) < 4.78 is 18.9. The van der Waals surface area contributed by atoms with E-state index >= 15 is 0 Å². The van der Waals surface area contributed by atoms with E-state index in [2.05, 4.69) is 14.9 Å². The van der Waals surface area contributed by atoms with Gasteiger partial charge in [-0.2, -0.15) is 0 Å². The Labute approximate surface area is 158 Å². The van der Waals surface area contributed by atoms with Crippen LogP contribution in [-0.2, 0) is 14.9 Å².